The van der Waals surface area contributed by atoms with E-state index in [9.17, 15) is 4.79 Å². The Morgan fingerprint density at radius 3 is 2.64 bits per heavy atom. The quantitative estimate of drug-likeness (QED) is 0.786. The molecule has 0 bridgehead atoms. The predicted octanol–water partition coefficient (Wildman–Crippen LogP) is 3.05. The number of carbonyl (C=O) groups is 1. The number of anilines is 1. The van der Waals surface area contributed by atoms with Crippen LogP contribution >= 0.6 is 22.6 Å². The molecule has 0 fully saturated rings. The zero-order valence-corrected chi connectivity index (χ0v) is 10.6. The Labute approximate surface area is 98.4 Å². The van der Waals surface area contributed by atoms with Crippen molar-refractivity contribution < 1.29 is 4.79 Å². The van der Waals surface area contributed by atoms with E-state index in [4.69, 9.17) is 0 Å². The third kappa shape index (κ3) is 2.70. The van der Waals surface area contributed by atoms with Crippen molar-refractivity contribution in [1.82, 2.24) is 0 Å². The molecular formula is C11H14INO. The van der Waals surface area contributed by atoms with E-state index in [0.29, 0.717) is 6.42 Å². The van der Waals surface area contributed by atoms with E-state index in [2.05, 4.69) is 22.6 Å². The zero-order chi connectivity index (χ0) is 10.6. The van der Waals surface area contributed by atoms with Gasteiger partial charge in [0.2, 0.25) is 5.91 Å². The van der Waals surface area contributed by atoms with Crippen molar-refractivity contribution >= 4 is 34.2 Å². The lowest BCUT2D eigenvalue weighted by Gasteiger charge is -2.18. The molecule has 0 radical (unpaired) electrons. The Morgan fingerprint density at radius 2 is 2.07 bits per heavy atom. The number of carbonyl (C=O) groups excluding carboxylic acids is 1. The van der Waals surface area contributed by atoms with Crippen LogP contribution in [0.5, 0.6) is 0 Å². The molecule has 0 aromatic heterocycles. The zero-order valence-electron chi connectivity index (χ0n) is 8.46. The molecule has 1 aromatic carbocycles. The fourth-order valence-corrected chi connectivity index (χ4v) is 1.99. The smallest absolute Gasteiger partial charge is 0.226 e. The van der Waals surface area contributed by atoms with Crippen molar-refractivity contribution in [3.8, 4) is 0 Å². The molecule has 14 heavy (non-hydrogen) atoms. The van der Waals surface area contributed by atoms with Gasteiger partial charge in [0, 0.05) is 17.0 Å². The Morgan fingerprint density at radius 1 is 1.43 bits per heavy atom. The number of hydrogen-bond donors (Lipinski definition) is 0. The Kier molecular flexibility index (Phi) is 4.38. The van der Waals surface area contributed by atoms with Gasteiger partial charge in [0.15, 0.2) is 0 Å². The maximum atomic E-state index is 11.6. The first-order chi connectivity index (χ1) is 6.66. The van der Waals surface area contributed by atoms with Gasteiger partial charge >= 0.3 is 0 Å². The van der Waals surface area contributed by atoms with Gasteiger partial charge in [0.1, 0.15) is 0 Å². The molecule has 0 aliphatic rings. The molecule has 0 saturated carbocycles. The highest BCUT2D eigenvalue weighted by atomic mass is 127. The van der Waals surface area contributed by atoms with Gasteiger partial charge in [-0.1, -0.05) is 19.1 Å². The molecule has 0 aliphatic carbocycles. The number of amides is 1. The van der Waals surface area contributed by atoms with Crippen LogP contribution < -0.4 is 4.90 Å². The van der Waals surface area contributed by atoms with Gasteiger partial charge in [-0.05, 0) is 41.1 Å². The molecule has 0 unspecified atom stereocenters. The SMILES string of the molecule is CCCC(=O)N(C)c1ccccc1I. The third-order valence-electron chi connectivity index (χ3n) is 2.05. The average molecular weight is 303 g/mol. The molecule has 0 N–H and O–H groups in total. The second-order valence-electron chi connectivity index (χ2n) is 3.15. The van der Waals surface area contributed by atoms with E-state index in [-0.39, 0.29) is 5.91 Å². The van der Waals surface area contributed by atoms with Crippen molar-refractivity contribution in [3.63, 3.8) is 0 Å². The fourth-order valence-electron chi connectivity index (χ4n) is 1.24. The molecule has 0 saturated heterocycles. The fraction of sp³-hybridized carbons (Fsp3) is 0.364. The highest BCUT2D eigenvalue weighted by molar-refractivity contribution is 14.1. The van der Waals surface area contributed by atoms with Crippen LogP contribution in [0.1, 0.15) is 19.8 Å². The molecule has 76 valence electrons. The maximum absolute atomic E-state index is 11.6. The minimum Gasteiger partial charge on any atom is -0.314 e. The number of hydrogen-bond acceptors (Lipinski definition) is 1. The van der Waals surface area contributed by atoms with E-state index in [1.165, 1.54) is 0 Å². The van der Waals surface area contributed by atoms with E-state index in [0.717, 1.165) is 15.7 Å². The molecule has 0 spiro atoms. The summed E-state index contributed by atoms with van der Waals surface area (Å²) >= 11 is 2.24. The van der Waals surface area contributed by atoms with Crippen molar-refractivity contribution in [3.05, 3.63) is 27.8 Å². The Hall–Kier alpha value is -0.580. The molecule has 0 aliphatic heterocycles. The monoisotopic (exact) mass is 303 g/mol. The van der Waals surface area contributed by atoms with Crippen LogP contribution in [0.15, 0.2) is 24.3 Å². The molecule has 1 amide bonds. The highest BCUT2D eigenvalue weighted by Gasteiger charge is 2.11. The van der Waals surface area contributed by atoms with Gasteiger partial charge in [-0.15, -0.1) is 0 Å². The van der Waals surface area contributed by atoms with Crippen LogP contribution in [0.4, 0.5) is 5.69 Å². The number of para-hydroxylation sites is 1. The summed E-state index contributed by atoms with van der Waals surface area (Å²) in [5.74, 6) is 0.177. The maximum Gasteiger partial charge on any atom is 0.226 e. The molecule has 2 nitrogen and oxygen atoms in total. The van der Waals surface area contributed by atoms with E-state index in [1.807, 2.05) is 38.2 Å². The standard InChI is InChI=1S/C11H14INO/c1-3-6-11(14)13(2)10-8-5-4-7-9(10)12/h4-5,7-8H,3,6H2,1-2H3. The van der Waals surface area contributed by atoms with Crippen molar-refractivity contribution in [1.29, 1.82) is 0 Å². The predicted molar refractivity (Wildman–Crippen MR) is 67.5 cm³/mol. The number of benzene rings is 1. The summed E-state index contributed by atoms with van der Waals surface area (Å²) in [4.78, 5) is 13.3. The first-order valence-electron chi connectivity index (χ1n) is 4.68. The van der Waals surface area contributed by atoms with E-state index < -0.39 is 0 Å². The van der Waals surface area contributed by atoms with E-state index in [1.54, 1.807) is 4.90 Å². The topological polar surface area (TPSA) is 20.3 Å². The number of rotatable bonds is 3. The van der Waals surface area contributed by atoms with Gasteiger partial charge in [0.05, 0.1) is 5.69 Å². The molecule has 1 aromatic rings. The van der Waals surface area contributed by atoms with Crippen molar-refractivity contribution in [2.45, 2.75) is 19.8 Å². The highest BCUT2D eigenvalue weighted by Crippen LogP contribution is 2.21. The van der Waals surface area contributed by atoms with Crippen LogP contribution in [0, 0.1) is 3.57 Å². The second kappa shape index (κ2) is 5.34. The molecule has 0 heterocycles. The first-order valence-corrected chi connectivity index (χ1v) is 5.75. The normalized spacial score (nSPS) is 9.93. The molecule has 1 rings (SSSR count). The summed E-state index contributed by atoms with van der Waals surface area (Å²) in [5, 5.41) is 0. The van der Waals surface area contributed by atoms with Gasteiger partial charge < -0.3 is 4.90 Å². The van der Waals surface area contributed by atoms with E-state index >= 15 is 0 Å². The number of nitrogens with zero attached hydrogens (tertiary/aromatic N) is 1. The Balaban J connectivity index is 2.84. The lowest BCUT2D eigenvalue weighted by molar-refractivity contribution is -0.118. The second-order valence-corrected chi connectivity index (χ2v) is 4.32. The first kappa shape index (κ1) is 11.5. The molecule has 3 heteroatoms. The van der Waals surface area contributed by atoms with Crippen LogP contribution in [0.2, 0.25) is 0 Å². The molecular weight excluding hydrogens is 289 g/mol. The van der Waals surface area contributed by atoms with Crippen molar-refractivity contribution in [2.75, 3.05) is 11.9 Å². The van der Waals surface area contributed by atoms with Crippen LogP contribution in [0.25, 0.3) is 0 Å². The summed E-state index contributed by atoms with van der Waals surface area (Å²) in [6, 6.07) is 7.90. The summed E-state index contributed by atoms with van der Waals surface area (Å²) in [6.07, 6.45) is 1.51. The largest absolute Gasteiger partial charge is 0.314 e. The van der Waals surface area contributed by atoms with Crippen LogP contribution in [0.3, 0.4) is 0 Å². The summed E-state index contributed by atoms with van der Waals surface area (Å²) in [6.45, 7) is 2.02. The minimum atomic E-state index is 0.177. The van der Waals surface area contributed by atoms with Gasteiger partial charge in [0.25, 0.3) is 0 Å². The minimum absolute atomic E-state index is 0.177. The van der Waals surface area contributed by atoms with Gasteiger partial charge in [-0.25, -0.2) is 0 Å². The summed E-state index contributed by atoms with van der Waals surface area (Å²) < 4.78 is 1.11. The Bertz CT molecular complexity index is 325. The summed E-state index contributed by atoms with van der Waals surface area (Å²) in [7, 11) is 1.83. The summed E-state index contributed by atoms with van der Waals surface area (Å²) in [5.41, 5.74) is 0.992. The van der Waals surface area contributed by atoms with Gasteiger partial charge in [-0.2, -0.15) is 0 Å². The lowest BCUT2D eigenvalue weighted by Crippen LogP contribution is -2.26. The van der Waals surface area contributed by atoms with Gasteiger partial charge in [-0.3, -0.25) is 4.79 Å². The van der Waals surface area contributed by atoms with Crippen LogP contribution in [-0.2, 0) is 4.79 Å². The number of halogens is 1. The lowest BCUT2D eigenvalue weighted by atomic mass is 10.2. The third-order valence-corrected chi connectivity index (χ3v) is 2.96. The van der Waals surface area contributed by atoms with Crippen LogP contribution in [-0.4, -0.2) is 13.0 Å². The molecule has 0 atom stereocenters. The average Bonchev–Trinajstić information content (AvgIpc) is 2.18. The van der Waals surface area contributed by atoms with Crippen molar-refractivity contribution in [2.24, 2.45) is 0 Å².